The second-order valence-corrected chi connectivity index (χ2v) is 5.92. The Morgan fingerprint density at radius 2 is 2.25 bits per heavy atom. The third-order valence-corrected chi connectivity index (χ3v) is 4.42. The smallest absolute Gasteiger partial charge is 0.263 e. The zero-order chi connectivity index (χ0) is 11.5. The fourth-order valence-corrected chi connectivity index (χ4v) is 3.06. The summed E-state index contributed by atoms with van der Waals surface area (Å²) in [5.74, 6) is 0.740. The number of nitrogens with zero attached hydrogens (tertiary/aromatic N) is 1. The molecule has 0 saturated carbocycles. The van der Waals surface area contributed by atoms with Crippen molar-refractivity contribution in [2.24, 2.45) is 5.92 Å². The van der Waals surface area contributed by atoms with Crippen LogP contribution in [0.4, 0.5) is 0 Å². The Labute approximate surface area is 105 Å². The maximum Gasteiger partial charge on any atom is 0.263 e. The summed E-state index contributed by atoms with van der Waals surface area (Å²) in [5.41, 5.74) is 0. The molecule has 0 N–H and O–H groups in total. The second kappa shape index (κ2) is 5.19. The number of likely N-dealkylation sites (tertiary alicyclic amines) is 1. The van der Waals surface area contributed by atoms with Crippen LogP contribution in [0.3, 0.4) is 0 Å². The van der Waals surface area contributed by atoms with Crippen LogP contribution >= 0.6 is 22.9 Å². The molecule has 0 radical (unpaired) electrons. The predicted octanol–water partition coefficient (Wildman–Crippen LogP) is 3.23. The van der Waals surface area contributed by atoms with Gasteiger partial charge in [0.2, 0.25) is 0 Å². The first kappa shape index (κ1) is 11.9. The first-order chi connectivity index (χ1) is 7.68. The maximum absolute atomic E-state index is 12.0. The summed E-state index contributed by atoms with van der Waals surface area (Å²) >= 11 is 7.60. The van der Waals surface area contributed by atoms with Crippen LogP contribution in [0.1, 0.15) is 29.4 Å². The lowest BCUT2D eigenvalue weighted by Gasteiger charge is -2.32. The van der Waals surface area contributed by atoms with Crippen molar-refractivity contribution in [1.82, 2.24) is 4.90 Å². The molecule has 88 valence electrons. The van der Waals surface area contributed by atoms with E-state index in [9.17, 15) is 4.79 Å². The van der Waals surface area contributed by atoms with Crippen LogP contribution in [0.15, 0.2) is 17.5 Å². The number of halogens is 1. The number of amides is 1. The average molecular weight is 258 g/mol. The molecule has 0 aliphatic carbocycles. The number of carbonyl (C=O) groups is 1. The van der Waals surface area contributed by atoms with Gasteiger partial charge in [-0.2, -0.15) is 0 Å². The molecule has 1 unspecified atom stereocenters. The van der Waals surface area contributed by atoms with E-state index in [-0.39, 0.29) is 11.3 Å². The molecule has 2 rings (SSSR count). The van der Waals surface area contributed by atoms with Crippen LogP contribution in [0.25, 0.3) is 0 Å². The van der Waals surface area contributed by atoms with Crippen molar-refractivity contribution in [2.45, 2.75) is 25.1 Å². The van der Waals surface area contributed by atoms with Gasteiger partial charge < -0.3 is 4.90 Å². The lowest BCUT2D eigenvalue weighted by Crippen LogP contribution is -2.39. The van der Waals surface area contributed by atoms with E-state index in [0.29, 0.717) is 5.92 Å². The highest BCUT2D eigenvalue weighted by molar-refractivity contribution is 7.12. The van der Waals surface area contributed by atoms with Crippen molar-refractivity contribution >= 4 is 28.8 Å². The number of carbonyl (C=O) groups excluding carboxylic acids is 1. The molecule has 1 aliphatic heterocycles. The van der Waals surface area contributed by atoms with E-state index < -0.39 is 0 Å². The molecule has 0 bridgehead atoms. The average Bonchev–Trinajstić information content (AvgIpc) is 2.81. The van der Waals surface area contributed by atoms with Gasteiger partial charge in [-0.1, -0.05) is 6.07 Å². The summed E-state index contributed by atoms with van der Waals surface area (Å²) in [5, 5.41) is 2.17. The Morgan fingerprint density at radius 3 is 2.75 bits per heavy atom. The minimum absolute atomic E-state index is 0.177. The van der Waals surface area contributed by atoms with Crippen LogP contribution in [0.2, 0.25) is 0 Å². The molecule has 0 aromatic carbocycles. The quantitative estimate of drug-likeness (QED) is 0.745. The summed E-state index contributed by atoms with van der Waals surface area (Å²) in [6.07, 6.45) is 2.06. The fraction of sp³-hybridized carbons (Fsp3) is 0.583. The highest BCUT2D eigenvalue weighted by atomic mass is 35.5. The summed E-state index contributed by atoms with van der Waals surface area (Å²) in [6, 6.07) is 3.81. The second-order valence-electron chi connectivity index (χ2n) is 4.28. The zero-order valence-electron chi connectivity index (χ0n) is 9.36. The lowest BCUT2D eigenvalue weighted by molar-refractivity contribution is 0.0695. The number of hydrogen-bond donors (Lipinski definition) is 0. The topological polar surface area (TPSA) is 20.3 Å². The largest absolute Gasteiger partial charge is 0.338 e. The fourth-order valence-electron chi connectivity index (χ4n) is 2.12. The van der Waals surface area contributed by atoms with E-state index >= 15 is 0 Å². The Kier molecular flexibility index (Phi) is 3.87. The lowest BCUT2D eigenvalue weighted by atomic mass is 9.94. The Bertz CT molecular complexity index is 342. The molecular formula is C12H16ClNOS. The minimum atomic E-state index is 0.177. The van der Waals surface area contributed by atoms with Gasteiger partial charge in [0.15, 0.2) is 0 Å². The first-order valence-corrected chi connectivity index (χ1v) is 6.97. The van der Waals surface area contributed by atoms with Gasteiger partial charge in [0.1, 0.15) is 0 Å². The Hall–Kier alpha value is -0.540. The van der Waals surface area contributed by atoms with Gasteiger partial charge in [0, 0.05) is 18.5 Å². The molecule has 2 nitrogen and oxygen atoms in total. The van der Waals surface area contributed by atoms with Crippen molar-refractivity contribution in [2.75, 3.05) is 13.1 Å². The molecule has 2 heterocycles. The number of rotatable bonds is 2. The summed E-state index contributed by atoms with van der Waals surface area (Å²) in [4.78, 5) is 14.8. The molecule has 1 amide bonds. The van der Waals surface area contributed by atoms with E-state index in [1.54, 1.807) is 0 Å². The first-order valence-electron chi connectivity index (χ1n) is 5.65. The zero-order valence-corrected chi connectivity index (χ0v) is 10.9. The predicted molar refractivity (Wildman–Crippen MR) is 68.3 cm³/mol. The summed E-state index contributed by atoms with van der Waals surface area (Å²) in [7, 11) is 0. The molecule has 1 aromatic heterocycles. The molecular weight excluding hydrogens is 242 g/mol. The van der Waals surface area contributed by atoms with E-state index in [2.05, 4.69) is 0 Å². The van der Waals surface area contributed by atoms with Crippen molar-refractivity contribution in [3.8, 4) is 0 Å². The van der Waals surface area contributed by atoms with E-state index in [1.807, 2.05) is 29.3 Å². The molecule has 4 heteroatoms. The molecule has 1 aliphatic rings. The molecule has 1 atom stereocenters. The highest BCUT2D eigenvalue weighted by Crippen LogP contribution is 2.25. The highest BCUT2D eigenvalue weighted by Gasteiger charge is 2.26. The van der Waals surface area contributed by atoms with Gasteiger partial charge >= 0.3 is 0 Å². The van der Waals surface area contributed by atoms with Crippen molar-refractivity contribution in [3.05, 3.63) is 22.4 Å². The summed E-state index contributed by atoms with van der Waals surface area (Å²) < 4.78 is 0. The van der Waals surface area contributed by atoms with Gasteiger partial charge in [-0.3, -0.25) is 4.79 Å². The number of alkyl halides is 1. The van der Waals surface area contributed by atoms with Gasteiger partial charge in [-0.15, -0.1) is 22.9 Å². The molecule has 0 spiro atoms. The SMILES string of the molecule is CC(Cl)C1CCN(C(=O)c2cccs2)CC1. The van der Waals surface area contributed by atoms with Crippen LogP contribution in [-0.4, -0.2) is 29.3 Å². The maximum atomic E-state index is 12.0. The standard InChI is InChI=1S/C12H16ClNOS/c1-9(13)10-4-6-14(7-5-10)12(15)11-3-2-8-16-11/h2-3,8-10H,4-7H2,1H3. The van der Waals surface area contributed by atoms with Crippen LogP contribution in [0.5, 0.6) is 0 Å². The third-order valence-electron chi connectivity index (χ3n) is 3.21. The van der Waals surface area contributed by atoms with Crippen LogP contribution in [-0.2, 0) is 0 Å². The third kappa shape index (κ3) is 2.58. The minimum Gasteiger partial charge on any atom is -0.338 e. The van der Waals surface area contributed by atoms with E-state index in [4.69, 9.17) is 11.6 Å². The van der Waals surface area contributed by atoms with Crippen molar-refractivity contribution in [1.29, 1.82) is 0 Å². The van der Waals surface area contributed by atoms with Gasteiger partial charge in [-0.05, 0) is 37.1 Å². The number of hydrogen-bond acceptors (Lipinski definition) is 2. The van der Waals surface area contributed by atoms with E-state index in [0.717, 1.165) is 30.8 Å². The van der Waals surface area contributed by atoms with Crippen LogP contribution in [0, 0.1) is 5.92 Å². The van der Waals surface area contributed by atoms with Gasteiger partial charge in [-0.25, -0.2) is 0 Å². The molecule has 16 heavy (non-hydrogen) atoms. The van der Waals surface area contributed by atoms with E-state index in [1.165, 1.54) is 11.3 Å². The normalized spacial score (nSPS) is 19.8. The monoisotopic (exact) mass is 257 g/mol. The number of piperidine rings is 1. The van der Waals surface area contributed by atoms with Crippen molar-refractivity contribution in [3.63, 3.8) is 0 Å². The molecule has 1 saturated heterocycles. The van der Waals surface area contributed by atoms with Gasteiger partial charge in [0.05, 0.1) is 4.88 Å². The van der Waals surface area contributed by atoms with Crippen molar-refractivity contribution < 1.29 is 4.79 Å². The van der Waals surface area contributed by atoms with Crippen LogP contribution < -0.4 is 0 Å². The number of thiophene rings is 1. The summed E-state index contributed by atoms with van der Waals surface area (Å²) in [6.45, 7) is 3.74. The van der Waals surface area contributed by atoms with Gasteiger partial charge in [0.25, 0.3) is 5.91 Å². The Morgan fingerprint density at radius 1 is 1.56 bits per heavy atom. The Balaban J connectivity index is 1.92. The molecule has 1 fully saturated rings. The molecule has 1 aromatic rings.